The Labute approximate surface area is 81.9 Å². The van der Waals surface area contributed by atoms with Gasteiger partial charge < -0.3 is 0 Å². The first kappa shape index (κ1) is 10.7. The maximum absolute atomic E-state index is 11.7. The number of ketones is 1. The van der Waals surface area contributed by atoms with E-state index in [0.717, 1.165) is 31.6 Å². The normalized spacial score (nSPS) is 26.9. The average molecular weight is 182 g/mol. The lowest BCUT2D eigenvalue weighted by Crippen LogP contribution is -2.15. The van der Waals surface area contributed by atoms with Crippen LogP contribution in [-0.2, 0) is 4.79 Å². The fourth-order valence-corrected chi connectivity index (χ4v) is 2.13. The van der Waals surface area contributed by atoms with Crippen LogP contribution in [0.2, 0.25) is 0 Å². The summed E-state index contributed by atoms with van der Waals surface area (Å²) in [5.74, 6) is 1.67. The van der Waals surface area contributed by atoms with E-state index in [1.807, 2.05) is 0 Å². The molecule has 2 unspecified atom stereocenters. The second-order valence-electron chi connectivity index (χ2n) is 4.51. The van der Waals surface area contributed by atoms with Gasteiger partial charge >= 0.3 is 0 Å². The van der Waals surface area contributed by atoms with Crippen molar-refractivity contribution in [3.8, 4) is 0 Å². The van der Waals surface area contributed by atoms with Crippen LogP contribution in [0.5, 0.6) is 0 Å². The Kier molecular flexibility index (Phi) is 4.47. The van der Waals surface area contributed by atoms with Crippen molar-refractivity contribution in [1.29, 1.82) is 0 Å². The molecule has 0 amide bonds. The van der Waals surface area contributed by atoms with E-state index in [2.05, 4.69) is 13.8 Å². The lowest BCUT2D eigenvalue weighted by Gasteiger charge is -2.16. The van der Waals surface area contributed by atoms with E-state index in [1.165, 1.54) is 19.3 Å². The smallest absolute Gasteiger partial charge is 0.135 e. The molecule has 1 fully saturated rings. The SMILES string of the molecule is CCC(C)CC1CCCCCC1=O. The average Bonchev–Trinajstić information content (AvgIpc) is 2.32. The summed E-state index contributed by atoms with van der Waals surface area (Å²) in [6.45, 7) is 4.48. The Morgan fingerprint density at radius 3 is 2.85 bits per heavy atom. The minimum absolute atomic E-state index is 0.400. The van der Waals surface area contributed by atoms with Crippen LogP contribution in [0, 0.1) is 11.8 Å². The molecule has 1 aliphatic carbocycles. The zero-order valence-corrected chi connectivity index (χ0v) is 9.01. The van der Waals surface area contributed by atoms with E-state index in [4.69, 9.17) is 0 Å². The number of rotatable bonds is 3. The standard InChI is InChI=1S/C12H22O/c1-3-10(2)9-11-7-5-4-6-8-12(11)13/h10-11H,3-9H2,1-2H3. The number of carbonyl (C=O) groups excluding carboxylic acids is 1. The maximum atomic E-state index is 11.7. The van der Waals surface area contributed by atoms with Crippen molar-refractivity contribution in [3.05, 3.63) is 0 Å². The molecule has 0 aromatic heterocycles. The molecule has 0 spiro atoms. The Balaban J connectivity index is 2.40. The monoisotopic (exact) mass is 182 g/mol. The Morgan fingerprint density at radius 2 is 2.15 bits per heavy atom. The molecule has 0 aromatic rings. The number of hydrogen-bond acceptors (Lipinski definition) is 1. The minimum Gasteiger partial charge on any atom is -0.299 e. The van der Waals surface area contributed by atoms with Crippen LogP contribution < -0.4 is 0 Å². The highest BCUT2D eigenvalue weighted by atomic mass is 16.1. The van der Waals surface area contributed by atoms with Gasteiger partial charge in [0, 0.05) is 12.3 Å². The summed E-state index contributed by atoms with van der Waals surface area (Å²) >= 11 is 0. The van der Waals surface area contributed by atoms with Crippen LogP contribution in [0.15, 0.2) is 0 Å². The molecule has 1 aliphatic rings. The molecule has 13 heavy (non-hydrogen) atoms. The van der Waals surface area contributed by atoms with Crippen molar-refractivity contribution in [2.24, 2.45) is 11.8 Å². The first-order chi connectivity index (χ1) is 6.24. The van der Waals surface area contributed by atoms with Gasteiger partial charge in [0.2, 0.25) is 0 Å². The van der Waals surface area contributed by atoms with Crippen molar-refractivity contribution >= 4 is 5.78 Å². The van der Waals surface area contributed by atoms with Crippen LogP contribution in [0.4, 0.5) is 0 Å². The molecule has 1 rings (SSSR count). The van der Waals surface area contributed by atoms with Crippen LogP contribution >= 0.6 is 0 Å². The van der Waals surface area contributed by atoms with E-state index < -0.39 is 0 Å². The molecule has 0 aromatic carbocycles. The molecule has 0 bridgehead atoms. The highest BCUT2D eigenvalue weighted by molar-refractivity contribution is 5.81. The second kappa shape index (κ2) is 5.41. The first-order valence-electron chi connectivity index (χ1n) is 5.76. The molecule has 0 radical (unpaired) electrons. The number of carbonyl (C=O) groups is 1. The summed E-state index contributed by atoms with van der Waals surface area (Å²) in [7, 11) is 0. The summed E-state index contributed by atoms with van der Waals surface area (Å²) in [5, 5.41) is 0. The summed E-state index contributed by atoms with van der Waals surface area (Å²) in [5.41, 5.74) is 0. The van der Waals surface area contributed by atoms with Gasteiger partial charge in [0.1, 0.15) is 5.78 Å². The fourth-order valence-electron chi connectivity index (χ4n) is 2.13. The lowest BCUT2D eigenvalue weighted by molar-refractivity contribution is -0.123. The molecule has 0 heterocycles. The molecule has 1 nitrogen and oxygen atoms in total. The second-order valence-corrected chi connectivity index (χ2v) is 4.51. The molecular formula is C12H22O. The van der Waals surface area contributed by atoms with Crippen molar-refractivity contribution in [2.75, 3.05) is 0 Å². The summed E-state index contributed by atoms with van der Waals surface area (Å²) in [6, 6.07) is 0. The maximum Gasteiger partial charge on any atom is 0.135 e. The van der Waals surface area contributed by atoms with Gasteiger partial charge in [-0.05, 0) is 25.2 Å². The van der Waals surface area contributed by atoms with Crippen molar-refractivity contribution in [3.63, 3.8) is 0 Å². The highest BCUT2D eigenvalue weighted by Gasteiger charge is 2.21. The van der Waals surface area contributed by atoms with Gasteiger partial charge in [0.15, 0.2) is 0 Å². The molecule has 0 N–H and O–H groups in total. The summed E-state index contributed by atoms with van der Waals surface area (Å²) < 4.78 is 0. The largest absolute Gasteiger partial charge is 0.299 e. The Hall–Kier alpha value is -0.330. The van der Waals surface area contributed by atoms with Gasteiger partial charge in [-0.15, -0.1) is 0 Å². The molecule has 2 atom stereocenters. The number of hydrogen-bond donors (Lipinski definition) is 0. The Bertz CT molecular complexity index is 163. The van der Waals surface area contributed by atoms with Gasteiger partial charge in [-0.1, -0.05) is 33.1 Å². The van der Waals surface area contributed by atoms with Crippen molar-refractivity contribution in [1.82, 2.24) is 0 Å². The van der Waals surface area contributed by atoms with Gasteiger partial charge in [-0.3, -0.25) is 4.79 Å². The highest BCUT2D eigenvalue weighted by Crippen LogP contribution is 2.26. The first-order valence-corrected chi connectivity index (χ1v) is 5.76. The van der Waals surface area contributed by atoms with Crippen molar-refractivity contribution in [2.45, 2.75) is 58.8 Å². The minimum atomic E-state index is 0.400. The molecule has 1 heteroatoms. The van der Waals surface area contributed by atoms with E-state index in [9.17, 15) is 4.79 Å². The third-order valence-electron chi connectivity index (χ3n) is 3.31. The Morgan fingerprint density at radius 1 is 1.38 bits per heavy atom. The predicted molar refractivity (Wildman–Crippen MR) is 55.7 cm³/mol. The van der Waals surface area contributed by atoms with E-state index >= 15 is 0 Å². The molecule has 76 valence electrons. The zero-order valence-electron chi connectivity index (χ0n) is 9.01. The van der Waals surface area contributed by atoms with Crippen LogP contribution in [0.25, 0.3) is 0 Å². The van der Waals surface area contributed by atoms with Gasteiger partial charge in [0.05, 0.1) is 0 Å². The molecule has 0 saturated heterocycles. The molecule has 0 aliphatic heterocycles. The fraction of sp³-hybridized carbons (Fsp3) is 0.917. The van der Waals surface area contributed by atoms with E-state index in [-0.39, 0.29) is 0 Å². The summed E-state index contributed by atoms with van der Waals surface area (Å²) in [6.07, 6.45) is 8.02. The van der Waals surface area contributed by atoms with Gasteiger partial charge in [0.25, 0.3) is 0 Å². The van der Waals surface area contributed by atoms with Gasteiger partial charge in [-0.25, -0.2) is 0 Å². The predicted octanol–water partition coefficient (Wildman–Crippen LogP) is 3.57. The van der Waals surface area contributed by atoms with E-state index in [0.29, 0.717) is 11.7 Å². The third-order valence-corrected chi connectivity index (χ3v) is 3.31. The topological polar surface area (TPSA) is 17.1 Å². The van der Waals surface area contributed by atoms with Gasteiger partial charge in [-0.2, -0.15) is 0 Å². The van der Waals surface area contributed by atoms with Crippen LogP contribution in [0.3, 0.4) is 0 Å². The zero-order chi connectivity index (χ0) is 9.68. The number of Topliss-reactive ketones (excluding diaryl/α,β-unsaturated/α-hetero) is 1. The third kappa shape index (κ3) is 3.50. The quantitative estimate of drug-likeness (QED) is 0.610. The summed E-state index contributed by atoms with van der Waals surface area (Å²) in [4.78, 5) is 11.7. The van der Waals surface area contributed by atoms with E-state index in [1.54, 1.807) is 0 Å². The molecular weight excluding hydrogens is 160 g/mol. The van der Waals surface area contributed by atoms with Crippen LogP contribution in [0.1, 0.15) is 58.8 Å². The van der Waals surface area contributed by atoms with Crippen LogP contribution in [-0.4, -0.2) is 5.78 Å². The molecule has 1 saturated carbocycles. The van der Waals surface area contributed by atoms with Crippen molar-refractivity contribution < 1.29 is 4.79 Å². The lowest BCUT2D eigenvalue weighted by atomic mass is 9.88.